The van der Waals surface area contributed by atoms with Gasteiger partial charge in [0.15, 0.2) is 5.76 Å². The summed E-state index contributed by atoms with van der Waals surface area (Å²) in [6.45, 7) is 9.99. The van der Waals surface area contributed by atoms with E-state index in [1.807, 2.05) is 60.7 Å². The van der Waals surface area contributed by atoms with Crippen molar-refractivity contribution in [3.63, 3.8) is 0 Å². The number of aryl methyl sites for hydroxylation is 1. The van der Waals surface area contributed by atoms with Crippen LogP contribution >= 0.6 is 0 Å². The van der Waals surface area contributed by atoms with Crippen molar-refractivity contribution in [1.29, 1.82) is 0 Å². The molecule has 0 spiro atoms. The van der Waals surface area contributed by atoms with Crippen LogP contribution in [0.2, 0.25) is 0 Å². The summed E-state index contributed by atoms with van der Waals surface area (Å²) in [5, 5.41) is 0.983. The first kappa shape index (κ1) is 23.8. The van der Waals surface area contributed by atoms with Crippen molar-refractivity contribution in [3.8, 4) is 16.9 Å². The first-order valence-corrected chi connectivity index (χ1v) is 12.2. The molecule has 0 saturated heterocycles. The molecule has 4 aromatic rings. The van der Waals surface area contributed by atoms with Crippen molar-refractivity contribution in [2.24, 2.45) is 0 Å². The lowest BCUT2D eigenvalue weighted by Gasteiger charge is -2.18. The summed E-state index contributed by atoms with van der Waals surface area (Å²) in [6, 6.07) is 23.6. The molecule has 3 aromatic carbocycles. The second-order valence-electron chi connectivity index (χ2n) is 8.48. The van der Waals surface area contributed by atoms with Gasteiger partial charge in [-0.2, -0.15) is 0 Å². The quantitative estimate of drug-likeness (QED) is 0.228. The highest BCUT2D eigenvalue weighted by Crippen LogP contribution is 2.37. The third-order valence-corrected chi connectivity index (χ3v) is 6.25. The lowest BCUT2D eigenvalue weighted by Crippen LogP contribution is -2.27. The summed E-state index contributed by atoms with van der Waals surface area (Å²) < 4.78 is 12.0. The summed E-state index contributed by atoms with van der Waals surface area (Å²) in [4.78, 5) is 15.9. The largest absolute Gasteiger partial charge is 0.492 e. The van der Waals surface area contributed by atoms with Gasteiger partial charge in [0.25, 0.3) is 0 Å². The van der Waals surface area contributed by atoms with Crippen LogP contribution in [0.4, 0.5) is 0 Å². The lowest BCUT2D eigenvalue weighted by molar-refractivity contribution is 0.101. The third kappa shape index (κ3) is 5.23. The first-order chi connectivity index (χ1) is 16.6. The molecule has 0 unspecified atom stereocenters. The molecule has 0 saturated carbocycles. The van der Waals surface area contributed by atoms with E-state index in [1.165, 1.54) is 5.56 Å². The van der Waals surface area contributed by atoms with Gasteiger partial charge < -0.3 is 14.1 Å². The number of furan rings is 1. The molecule has 1 heterocycles. The molecule has 4 heteroatoms. The molecule has 1 aromatic heterocycles. The Bertz CT molecular complexity index is 1220. The number of fused-ring (bicyclic) bond motifs is 1. The van der Waals surface area contributed by atoms with Crippen LogP contribution in [0.3, 0.4) is 0 Å². The van der Waals surface area contributed by atoms with Gasteiger partial charge in [0.05, 0.1) is 0 Å². The van der Waals surface area contributed by atoms with Crippen molar-refractivity contribution in [2.75, 3.05) is 26.2 Å². The number of rotatable bonds is 11. The average molecular weight is 456 g/mol. The van der Waals surface area contributed by atoms with Gasteiger partial charge in [0, 0.05) is 23.1 Å². The minimum atomic E-state index is -0.123. The predicted octanol–water partition coefficient (Wildman–Crippen LogP) is 7.00. The van der Waals surface area contributed by atoms with Crippen LogP contribution in [-0.4, -0.2) is 36.9 Å². The van der Waals surface area contributed by atoms with E-state index < -0.39 is 0 Å². The molecule has 0 amide bonds. The molecular formula is C30H33NO3. The van der Waals surface area contributed by atoms with Crippen LogP contribution in [0.5, 0.6) is 5.75 Å². The highest BCUT2D eigenvalue weighted by atomic mass is 16.5. The number of benzene rings is 3. The first-order valence-electron chi connectivity index (χ1n) is 12.2. The Morgan fingerprint density at radius 1 is 0.912 bits per heavy atom. The smallest absolute Gasteiger partial charge is 0.228 e. The van der Waals surface area contributed by atoms with E-state index in [1.54, 1.807) is 0 Å². The van der Waals surface area contributed by atoms with E-state index in [2.05, 4.69) is 37.8 Å². The fourth-order valence-corrected chi connectivity index (χ4v) is 4.31. The van der Waals surface area contributed by atoms with Gasteiger partial charge in [-0.05, 0) is 67.0 Å². The maximum absolute atomic E-state index is 13.6. The predicted molar refractivity (Wildman–Crippen MR) is 139 cm³/mol. The van der Waals surface area contributed by atoms with Crippen LogP contribution in [0, 0.1) is 0 Å². The average Bonchev–Trinajstić information content (AvgIpc) is 3.26. The van der Waals surface area contributed by atoms with Crippen molar-refractivity contribution in [3.05, 3.63) is 89.7 Å². The highest BCUT2D eigenvalue weighted by molar-refractivity contribution is 6.15. The molecule has 34 heavy (non-hydrogen) atoms. The van der Waals surface area contributed by atoms with Crippen molar-refractivity contribution in [2.45, 2.75) is 33.6 Å². The minimum Gasteiger partial charge on any atom is -0.492 e. The Labute approximate surface area is 202 Å². The highest BCUT2D eigenvalue weighted by Gasteiger charge is 2.23. The monoisotopic (exact) mass is 455 g/mol. The topological polar surface area (TPSA) is 42.7 Å². The van der Waals surface area contributed by atoms with Gasteiger partial charge in [0.1, 0.15) is 17.9 Å². The van der Waals surface area contributed by atoms with Crippen molar-refractivity contribution < 1.29 is 13.9 Å². The Morgan fingerprint density at radius 3 is 2.32 bits per heavy atom. The molecule has 4 nitrogen and oxygen atoms in total. The van der Waals surface area contributed by atoms with E-state index in [9.17, 15) is 4.79 Å². The fraction of sp³-hybridized carbons (Fsp3) is 0.300. The Hall–Kier alpha value is -3.37. The maximum atomic E-state index is 13.6. The lowest BCUT2D eigenvalue weighted by atomic mass is 9.96. The summed E-state index contributed by atoms with van der Waals surface area (Å²) in [7, 11) is 0. The summed E-state index contributed by atoms with van der Waals surface area (Å²) in [6.07, 6.45) is 2.06. The summed E-state index contributed by atoms with van der Waals surface area (Å²) in [5.74, 6) is 1.02. The van der Waals surface area contributed by atoms with Crippen LogP contribution in [0.25, 0.3) is 22.1 Å². The standard InChI is InChI=1S/C30H33NO3/c1-4-10-22-13-18-27-26(21-22)28(23-11-8-7-9-12-23)30(34-27)29(32)24-14-16-25(17-15-24)33-20-19-31(5-2)6-3/h7-9,11-18,21H,4-6,10,19-20H2,1-3H3. The SMILES string of the molecule is CCCc1ccc2oc(C(=O)c3ccc(OCCN(CC)CC)cc3)c(-c3ccccc3)c2c1. The van der Waals surface area contributed by atoms with Crippen molar-refractivity contribution in [1.82, 2.24) is 4.90 Å². The number of hydrogen-bond acceptors (Lipinski definition) is 4. The van der Waals surface area contributed by atoms with E-state index >= 15 is 0 Å². The molecule has 4 rings (SSSR count). The van der Waals surface area contributed by atoms with Gasteiger partial charge >= 0.3 is 0 Å². The van der Waals surface area contributed by atoms with Crippen LogP contribution < -0.4 is 4.74 Å². The van der Waals surface area contributed by atoms with Gasteiger partial charge in [-0.1, -0.05) is 63.6 Å². The fourth-order valence-electron chi connectivity index (χ4n) is 4.31. The number of nitrogens with zero attached hydrogens (tertiary/aromatic N) is 1. The minimum absolute atomic E-state index is 0.123. The molecule has 0 fully saturated rings. The van der Waals surface area contributed by atoms with Crippen LogP contribution in [0.15, 0.2) is 77.2 Å². The molecular weight excluding hydrogens is 422 g/mol. The van der Waals surface area contributed by atoms with Gasteiger partial charge in [-0.3, -0.25) is 4.79 Å². The molecule has 0 bridgehead atoms. The van der Waals surface area contributed by atoms with E-state index in [0.717, 1.165) is 60.3 Å². The molecule has 0 aliphatic rings. The molecule has 0 N–H and O–H groups in total. The maximum Gasteiger partial charge on any atom is 0.228 e. The zero-order chi connectivity index (χ0) is 23.9. The zero-order valence-corrected chi connectivity index (χ0v) is 20.3. The second kappa shape index (κ2) is 11.2. The Kier molecular flexibility index (Phi) is 7.81. The number of likely N-dealkylation sites (N-methyl/N-ethyl adjacent to an activating group) is 1. The summed E-state index contributed by atoms with van der Waals surface area (Å²) in [5.41, 5.74) is 4.41. The summed E-state index contributed by atoms with van der Waals surface area (Å²) >= 11 is 0. The van der Waals surface area contributed by atoms with Crippen molar-refractivity contribution >= 4 is 16.8 Å². The second-order valence-corrected chi connectivity index (χ2v) is 8.48. The molecule has 176 valence electrons. The number of ketones is 1. The Morgan fingerprint density at radius 2 is 1.65 bits per heavy atom. The number of carbonyl (C=O) groups excluding carboxylic acids is 1. The molecule has 0 aliphatic carbocycles. The number of ether oxygens (including phenoxy) is 1. The zero-order valence-electron chi connectivity index (χ0n) is 20.3. The molecule has 0 radical (unpaired) electrons. The Balaban J connectivity index is 1.63. The van der Waals surface area contributed by atoms with Crippen LogP contribution in [0.1, 0.15) is 48.9 Å². The molecule has 0 atom stereocenters. The number of hydrogen-bond donors (Lipinski definition) is 0. The molecule has 0 aliphatic heterocycles. The normalized spacial score (nSPS) is 11.3. The van der Waals surface area contributed by atoms with Crippen LogP contribution in [-0.2, 0) is 6.42 Å². The van der Waals surface area contributed by atoms with E-state index in [4.69, 9.17) is 9.15 Å². The van der Waals surface area contributed by atoms with E-state index in [0.29, 0.717) is 17.9 Å². The van der Waals surface area contributed by atoms with Gasteiger partial charge in [0.2, 0.25) is 5.78 Å². The van der Waals surface area contributed by atoms with E-state index in [-0.39, 0.29) is 5.78 Å². The third-order valence-electron chi connectivity index (χ3n) is 6.25. The number of carbonyl (C=O) groups is 1. The van der Waals surface area contributed by atoms with Gasteiger partial charge in [-0.25, -0.2) is 0 Å². The van der Waals surface area contributed by atoms with Gasteiger partial charge in [-0.15, -0.1) is 0 Å².